The molecule has 0 unspecified atom stereocenters. The number of hydrogen-bond acceptors (Lipinski definition) is 3. The fraction of sp³-hybridized carbons (Fsp3) is 0.562. The molecule has 108 valence electrons. The third kappa shape index (κ3) is 2.96. The number of anilines is 1. The third-order valence-corrected chi connectivity index (χ3v) is 4.17. The summed E-state index contributed by atoms with van der Waals surface area (Å²) in [6, 6.07) is 6.38. The number of nitrogens with one attached hydrogen (secondary N) is 2. The van der Waals surface area contributed by atoms with Gasteiger partial charge in [-0.25, -0.2) is 0 Å². The van der Waals surface area contributed by atoms with Crippen LogP contribution in [0.3, 0.4) is 0 Å². The molecule has 1 aromatic carbocycles. The standard InChI is InChI=1S/C16H22N2O2/c1-11-9-13(6-7-17-11)16(19)18-14-4-5-15-12(10-14)3-2-8-20-15/h4-5,10-11,13,17H,2-3,6-9H2,1H3,(H,18,19)/t11-,13-/m0/s1. The molecule has 2 N–H and O–H groups in total. The van der Waals surface area contributed by atoms with Gasteiger partial charge in [0.05, 0.1) is 6.61 Å². The van der Waals surface area contributed by atoms with Crippen molar-refractivity contribution in [1.82, 2.24) is 5.32 Å². The van der Waals surface area contributed by atoms with Crippen LogP contribution in [0, 0.1) is 5.92 Å². The molecule has 0 saturated carbocycles. The minimum Gasteiger partial charge on any atom is -0.493 e. The molecule has 0 aliphatic carbocycles. The van der Waals surface area contributed by atoms with Crippen LogP contribution in [0.4, 0.5) is 5.69 Å². The molecule has 2 aliphatic heterocycles. The highest BCUT2D eigenvalue weighted by molar-refractivity contribution is 5.92. The van der Waals surface area contributed by atoms with Crippen LogP contribution in [0.1, 0.15) is 31.7 Å². The maximum absolute atomic E-state index is 12.3. The number of amides is 1. The van der Waals surface area contributed by atoms with E-state index in [2.05, 4.69) is 23.6 Å². The van der Waals surface area contributed by atoms with Crippen molar-refractivity contribution in [3.63, 3.8) is 0 Å². The van der Waals surface area contributed by atoms with Gasteiger partial charge in [0.2, 0.25) is 5.91 Å². The van der Waals surface area contributed by atoms with Crippen molar-refractivity contribution in [2.75, 3.05) is 18.5 Å². The van der Waals surface area contributed by atoms with Crippen molar-refractivity contribution < 1.29 is 9.53 Å². The van der Waals surface area contributed by atoms with Gasteiger partial charge < -0.3 is 15.4 Å². The number of aryl methyl sites for hydroxylation is 1. The summed E-state index contributed by atoms with van der Waals surface area (Å²) in [6.45, 7) is 3.86. The third-order valence-electron chi connectivity index (χ3n) is 4.17. The molecule has 2 heterocycles. The van der Waals surface area contributed by atoms with Gasteiger partial charge in [0.25, 0.3) is 0 Å². The highest BCUT2D eigenvalue weighted by atomic mass is 16.5. The Hall–Kier alpha value is -1.55. The molecule has 4 heteroatoms. The molecule has 3 rings (SSSR count). The molecule has 0 spiro atoms. The molecule has 2 aliphatic rings. The topological polar surface area (TPSA) is 50.4 Å². The summed E-state index contributed by atoms with van der Waals surface area (Å²) < 4.78 is 5.59. The van der Waals surface area contributed by atoms with Crippen molar-refractivity contribution in [3.8, 4) is 5.75 Å². The van der Waals surface area contributed by atoms with Crippen molar-refractivity contribution in [3.05, 3.63) is 23.8 Å². The van der Waals surface area contributed by atoms with E-state index in [1.165, 1.54) is 5.56 Å². The van der Waals surface area contributed by atoms with Gasteiger partial charge in [-0.15, -0.1) is 0 Å². The van der Waals surface area contributed by atoms with Crippen LogP contribution in [-0.4, -0.2) is 25.1 Å². The number of benzene rings is 1. The van der Waals surface area contributed by atoms with E-state index >= 15 is 0 Å². The fourth-order valence-electron chi connectivity index (χ4n) is 3.05. The lowest BCUT2D eigenvalue weighted by atomic mass is 9.92. The number of hydrogen-bond donors (Lipinski definition) is 2. The average Bonchev–Trinajstić information content (AvgIpc) is 2.47. The summed E-state index contributed by atoms with van der Waals surface area (Å²) in [7, 11) is 0. The quantitative estimate of drug-likeness (QED) is 0.870. The number of piperidine rings is 1. The van der Waals surface area contributed by atoms with Gasteiger partial charge in [-0.2, -0.15) is 0 Å². The summed E-state index contributed by atoms with van der Waals surface area (Å²) in [4.78, 5) is 12.3. The van der Waals surface area contributed by atoms with Crippen molar-refractivity contribution in [2.45, 2.75) is 38.6 Å². The first-order valence-corrected chi connectivity index (χ1v) is 7.52. The second-order valence-corrected chi connectivity index (χ2v) is 5.84. The van der Waals surface area contributed by atoms with E-state index in [0.717, 1.165) is 50.3 Å². The Morgan fingerprint density at radius 1 is 1.45 bits per heavy atom. The van der Waals surface area contributed by atoms with E-state index < -0.39 is 0 Å². The van der Waals surface area contributed by atoms with E-state index in [4.69, 9.17) is 4.74 Å². The van der Waals surface area contributed by atoms with Crippen LogP contribution < -0.4 is 15.4 Å². The van der Waals surface area contributed by atoms with Gasteiger partial charge >= 0.3 is 0 Å². The zero-order chi connectivity index (χ0) is 13.9. The van der Waals surface area contributed by atoms with Crippen molar-refractivity contribution in [2.24, 2.45) is 5.92 Å². The first-order chi connectivity index (χ1) is 9.72. The van der Waals surface area contributed by atoms with Gasteiger partial charge in [-0.1, -0.05) is 0 Å². The Morgan fingerprint density at radius 2 is 2.35 bits per heavy atom. The molecule has 1 aromatic rings. The number of carbonyl (C=O) groups is 1. The maximum atomic E-state index is 12.3. The van der Waals surface area contributed by atoms with Crippen LogP contribution in [-0.2, 0) is 11.2 Å². The zero-order valence-corrected chi connectivity index (χ0v) is 11.9. The molecule has 2 atom stereocenters. The molecule has 20 heavy (non-hydrogen) atoms. The van der Waals surface area contributed by atoms with Gasteiger partial charge in [0.15, 0.2) is 0 Å². The number of fused-ring (bicyclic) bond motifs is 1. The molecule has 4 nitrogen and oxygen atoms in total. The molecule has 0 radical (unpaired) electrons. The molecule has 1 fully saturated rings. The van der Waals surface area contributed by atoms with Crippen LogP contribution in [0.15, 0.2) is 18.2 Å². The second kappa shape index (κ2) is 5.83. The normalized spacial score (nSPS) is 25.4. The minimum atomic E-state index is 0.124. The molecule has 0 bridgehead atoms. The SMILES string of the molecule is C[C@H]1C[C@@H](C(=O)Nc2ccc3c(c2)CCCO3)CCN1. The summed E-state index contributed by atoms with van der Waals surface area (Å²) in [5, 5.41) is 6.44. The van der Waals surface area contributed by atoms with Gasteiger partial charge in [0, 0.05) is 17.6 Å². The minimum absolute atomic E-state index is 0.124. The van der Waals surface area contributed by atoms with E-state index in [-0.39, 0.29) is 11.8 Å². The smallest absolute Gasteiger partial charge is 0.227 e. The van der Waals surface area contributed by atoms with Crippen LogP contribution in [0.2, 0.25) is 0 Å². The lowest BCUT2D eigenvalue weighted by Crippen LogP contribution is -2.40. The predicted molar refractivity (Wildman–Crippen MR) is 79.1 cm³/mol. The Morgan fingerprint density at radius 3 is 3.20 bits per heavy atom. The van der Waals surface area contributed by atoms with E-state index in [9.17, 15) is 4.79 Å². The first-order valence-electron chi connectivity index (χ1n) is 7.52. The van der Waals surface area contributed by atoms with Gasteiger partial charge in [-0.3, -0.25) is 4.79 Å². The zero-order valence-electron chi connectivity index (χ0n) is 11.9. The highest BCUT2D eigenvalue weighted by Gasteiger charge is 2.24. The fourth-order valence-corrected chi connectivity index (χ4v) is 3.05. The van der Waals surface area contributed by atoms with Crippen LogP contribution >= 0.6 is 0 Å². The monoisotopic (exact) mass is 274 g/mol. The molecule has 1 amide bonds. The Balaban J connectivity index is 1.66. The Kier molecular flexibility index (Phi) is 3.92. The summed E-state index contributed by atoms with van der Waals surface area (Å²) in [5.74, 6) is 1.23. The highest BCUT2D eigenvalue weighted by Crippen LogP contribution is 2.28. The van der Waals surface area contributed by atoms with Gasteiger partial charge in [-0.05, 0) is 62.9 Å². The Bertz CT molecular complexity index is 501. The van der Waals surface area contributed by atoms with E-state index in [1.807, 2.05) is 12.1 Å². The first kappa shape index (κ1) is 13.4. The number of rotatable bonds is 2. The largest absolute Gasteiger partial charge is 0.493 e. The Labute approximate surface area is 119 Å². The van der Waals surface area contributed by atoms with Gasteiger partial charge in [0.1, 0.15) is 5.75 Å². The summed E-state index contributed by atoms with van der Waals surface area (Å²) >= 11 is 0. The van der Waals surface area contributed by atoms with Crippen molar-refractivity contribution >= 4 is 11.6 Å². The molecular formula is C16H22N2O2. The van der Waals surface area contributed by atoms with E-state index in [0.29, 0.717) is 6.04 Å². The van der Waals surface area contributed by atoms with E-state index in [1.54, 1.807) is 0 Å². The second-order valence-electron chi connectivity index (χ2n) is 5.84. The predicted octanol–water partition coefficient (Wildman–Crippen LogP) is 2.34. The molecular weight excluding hydrogens is 252 g/mol. The number of carbonyl (C=O) groups excluding carboxylic acids is 1. The lowest BCUT2D eigenvalue weighted by molar-refractivity contribution is -0.120. The molecule has 1 saturated heterocycles. The molecule has 0 aromatic heterocycles. The van der Waals surface area contributed by atoms with Crippen LogP contribution in [0.5, 0.6) is 5.75 Å². The average molecular weight is 274 g/mol. The maximum Gasteiger partial charge on any atom is 0.227 e. The van der Waals surface area contributed by atoms with Crippen LogP contribution in [0.25, 0.3) is 0 Å². The lowest BCUT2D eigenvalue weighted by Gasteiger charge is -2.27. The summed E-state index contributed by atoms with van der Waals surface area (Å²) in [6.07, 6.45) is 3.92. The summed E-state index contributed by atoms with van der Waals surface area (Å²) in [5.41, 5.74) is 2.10. The number of ether oxygens (including phenoxy) is 1. The van der Waals surface area contributed by atoms with Crippen molar-refractivity contribution in [1.29, 1.82) is 0 Å².